The summed E-state index contributed by atoms with van der Waals surface area (Å²) in [6, 6.07) is 5.29. The van der Waals surface area contributed by atoms with Gasteiger partial charge in [0.15, 0.2) is 0 Å². The van der Waals surface area contributed by atoms with E-state index in [2.05, 4.69) is 4.98 Å². The van der Waals surface area contributed by atoms with E-state index in [1.165, 1.54) is 34.1 Å². The molecule has 8 nitrogen and oxygen atoms in total. The number of esters is 1. The van der Waals surface area contributed by atoms with E-state index in [4.69, 9.17) is 4.74 Å². The van der Waals surface area contributed by atoms with Gasteiger partial charge in [0.2, 0.25) is 6.41 Å². The van der Waals surface area contributed by atoms with Crippen LogP contribution in [0.4, 0.5) is 4.39 Å². The maximum absolute atomic E-state index is 13.4. The maximum Gasteiger partial charge on any atom is 0.340 e. The van der Waals surface area contributed by atoms with Gasteiger partial charge in [-0.2, -0.15) is 0 Å². The molecule has 1 aromatic carbocycles. The Morgan fingerprint density at radius 2 is 1.77 bits per heavy atom. The van der Waals surface area contributed by atoms with Crippen molar-refractivity contribution in [2.24, 2.45) is 0 Å². The summed E-state index contributed by atoms with van der Waals surface area (Å²) in [5, 5.41) is 0. The first-order valence-electron chi connectivity index (χ1n) is 9.56. The molecule has 2 aromatic rings. The molecule has 9 heteroatoms. The molecule has 30 heavy (non-hydrogen) atoms. The molecular formula is C21H22FN3O5. The number of halogens is 1. The van der Waals surface area contributed by atoms with E-state index < -0.39 is 23.5 Å². The van der Waals surface area contributed by atoms with E-state index in [-0.39, 0.29) is 36.5 Å². The second-order valence-corrected chi connectivity index (χ2v) is 6.87. The number of aryl methyl sites for hydroxylation is 1. The molecule has 1 aromatic heterocycles. The van der Waals surface area contributed by atoms with Gasteiger partial charge in [0, 0.05) is 37.4 Å². The minimum atomic E-state index is -0.812. The predicted molar refractivity (Wildman–Crippen MR) is 105 cm³/mol. The topological polar surface area (TPSA) is 99.8 Å². The zero-order valence-electron chi connectivity index (χ0n) is 16.7. The number of nitrogens with one attached hydrogen (secondary N) is 1. The number of rotatable bonds is 6. The van der Waals surface area contributed by atoms with Crippen LogP contribution in [-0.2, 0) is 14.3 Å². The van der Waals surface area contributed by atoms with Crippen molar-refractivity contribution in [1.29, 1.82) is 0 Å². The van der Waals surface area contributed by atoms with E-state index >= 15 is 0 Å². The van der Waals surface area contributed by atoms with Crippen LogP contribution in [0.25, 0.3) is 11.1 Å². The lowest BCUT2D eigenvalue weighted by molar-refractivity contribution is -0.131. The molecule has 1 saturated heterocycles. The van der Waals surface area contributed by atoms with E-state index in [0.29, 0.717) is 30.8 Å². The Hall–Kier alpha value is -3.49. The van der Waals surface area contributed by atoms with Gasteiger partial charge < -0.3 is 19.5 Å². The summed E-state index contributed by atoms with van der Waals surface area (Å²) in [4.78, 5) is 55.0. The molecule has 0 bridgehead atoms. The Morgan fingerprint density at radius 3 is 2.33 bits per heavy atom. The standard InChI is InChI=1S/C21H22FN3O5/c1-3-30-21(29)16-13(2)23-18(17(16)14-4-6-15(22)7-5-14)19(27)20(28)25-10-8-24(12-26)9-11-25/h4-7,12,23H,3,8-11H2,1-2H3. The number of aromatic amines is 1. The Balaban J connectivity index is 2.01. The van der Waals surface area contributed by atoms with Crippen LogP contribution in [0.5, 0.6) is 0 Å². The molecule has 2 heterocycles. The quantitative estimate of drug-likeness (QED) is 0.336. The lowest BCUT2D eigenvalue weighted by Crippen LogP contribution is -2.50. The van der Waals surface area contributed by atoms with E-state index in [9.17, 15) is 23.6 Å². The Kier molecular flexibility index (Phi) is 6.29. The molecule has 1 fully saturated rings. The van der Waals surface area contributed by atoms with Crippen molar-refractivity contribution < 1.29 is 28.3 Å². The van der Waals surface area contributed by atoms with Gasteiger partial charge in [-0.3, -0.25) is 14.4 Å². The predicted octanol–water partition coefficient (Wildman–Crippen LogP) is 1.79. The highest BCUT2D eigenvalue weighted by molar-refractivity contribution is 6.43. The Bertz CT molecular complexity index is 975. The third-order valence-corrected chi connectivity index (χ3v) is 4.97. The highest BCUT2D eigenvalue weighted by Gasteiger charge is 2.33. The number of ether oxygens (including phenoxy) is 1. The van der Waals surface area contributed by atoms with Crippen LogP contribution in [0.1, 0.15) is 33.5 Å². The summed E-state index contributed by atoms with van der Waals surface area (Å²) in [5.41, 5.74) is 1.06. The SMILES string of the molecule is CCOC(=O)c1c(C)[nH]c(C(=O)C(=O)N2CCN(C=O)CC2)c1-c1ccc(F)cc1. The molecular weight excluding hydrogens is 393 g/mol. The number of hydrogen-bond donors (Lipinski definition) is 1. The summed E-state index contributed by atoms with van der Waals surface area (Å²) in [6.07, 6.45) is 0.705. The monoisotopic (exact) mass is 415 g/mol. The number of piperazine rings is 1. The molecule has 1 aliphatic rings. The zero-order valence-corrected chi connectivity index (χ0v) is 16.7. The van der Waals surface area contributed by atoms with Crippen LogP contribution in [0.3, 0.4) is 0 Å². The van der Waals surface area contributed by atoms with Crippen LogP contribution in [-0.4, -0.2) is 71.6 Å². The summed E-state index contributed by atoms with van der Waals surface area (Å²) in [5.74, 6) is -2.66. The molecule has 2 amide bonds. The molecule has 0 aliphatic carbocycles. The smallest absolute Gasteiger partial charge is 0.340 e. The van der Waals surface area contributed by atoms with Crippen LogP contribution in [0.2, 0.25) is 0 Å². The molecule has 158 valence electrons. The van der Waals surface area contributed by atoms with Gasteiger partial charge in [0.05, 0.1) is 12.2 Å². The molecule has 0 saturated carbocycles. The Labute approximate surface area is 172 Å². The number of carbonyl (C=O) groups excluding carboxylic acids is 4. The zero-order chi connectivity index (χ0) is 21.8. The third kappa shape index (κ3) is 4.10. The fourth-order valence-corrected chi connectivity index (χ4v) is 3.44. The van der Waals surface area contributed by atoms with Crippen molar-refractivity contribution >= 4 is 24.1 Å². The fraction of sp³-hybridized carbons (Fsp3) is 0.333. The lowest BCUT2D eigenvalue weighted by Gasteiger charge is -2.32. The van der Waals surface area contributed by atoms with E-state index in [1.54, 1.807) is 13.8 Å². The summed E-state index contributed by atoms with van der Waals surface area (Å²) >= 11 is 0. The number of hydrogen-bond acceptors (Lipinski definition) is 5. The number of benzene rings is 1. The number of H-pyrrole nitrogens is 1. The number of ketones is 1. The first-order valence-corrected chi connectivity index (χ1v) is 9.56. The minimum absolute atomic E-state index is 0.0509. The van der Waals surface area contributed by atoms with Crippen LogP contribution >= 0.6 is 0 Å². The number of carbonyl (C=O) groups is 4. The third-order valence-electron chi connectivity index (χ3n) is 4.97. The lowest BCUT2D eigenvalue weighted by atomic mass is 9.98. The van der Waals surface area contributed by atoms with E-state index in [0.717, 1.165) is 0 Å². The maximum atomic E-state index is 13.4. The van der Waals surface area contributed by atoms with E-state index in [1.807, 2.05) is 0 Å². The van der Waals surface area contributed by atoms with Gasteiger partial charge in [-0.25, -0.2) is 9.18 Å². The van der Waals surface area contributed by atoms with Crippen LogP contribution in [0.15, 0.2) is 24.3 Å². The van der Waals surface area contributed by atoms with Gasteiger partial charge in [0.1, 0.15) is 11.5 Å². The second kappa shape index (κ2) is 8.89. The van der Waals surface area contributed by atoms with Crippen molar-refractivity contribution in [3.63, 3.8) is 0 Å². The van der Waals surface area contributed by atoms with Gasteiger partial charge in [-0.1, -0.05) is 12.1 Å². The fourth-order valence-electron chi connectivity index (χ4n) is 3.44. The largest absolute Gasteiger partial charge is 0.462 e. The first kappa shape index (κ1) is 21.2. The molecule has 0 atom stereocenters. The van der Waals surface area contributed by atoms with Crippen LogP contribution in [0, 0.1) is 12.7 Å². The van der Waals surface area contributed by atoms with Gasteiger partial charge >= 0.3 is 5.97 Å². The summed E-state index contributed by atoms with van der Waals surface area (Å²) in [7, 11) is 0. The minimum Gasteiger partial charge on any atom is -0.462 e. The Morgan fingerprint density at radius 1 is 1.13 bits per heavy atom. The summed E-state index contributed by atoms with van der Waals surface area (Å²) in [6.45, 7) is 4.54. The molecule has 0 radical (unpaired) electrons. The molecule has 3 rings (SSSR count). The second-order valence-electron chi connectivity index (χ2n) is 6.87. The number of Topliss-reactive ketones (excluding diaryl/α,β-unsaturated/α-hetero) is 1. The van der Waals surface area contributed by atoms with Crippen molar-refractivity contribution in [3.05, 3.63) is 47.0 Å². The van der Waals surface area contributed by atoms with Crippen molar-refractivity contribution in [3.8, 4) is 11.1 Å². The summed E-state index contributed by atoms with van der Waals surface area (Å²) < 4.78 is 18.5. The van der Waals surface area contributed by atoms with Gasteiger partial charge in [0.25, 0.3) is 11.7 Å². The van der Waals surface area contributed by atoms with Crippen molar-refractivity contribution in [2.75, 3.05) is 32.8 Å². The number of nitrogens with zero attached hydrogens (tertiary/aromatic N) is 2. The average Bonchev–Trinajstić information content (AvgIpc) is 3.10. The molecule has 0 spiro atoms. The number of amides is 2. The average molecular weight is 415 g/mol. The molecule has 1 aliphatic heterocycles. The highest BCUT2D eigenvalue weighted by atomic mass is 19.1. The van der Waals surface area contributed by atoms with Gasteiger partial charge in [-0.05, 0) is 31.5 Å². The van der Waals surface area contributed by atoms with Gasteiger partial charge in [-0.15, -0.1) is 0 Å². The first-order chi connectivity index (χ1) is 14.4. The van der Waals surface area contributed by atoms with Crippen LogP contribution < -0.4 is 0 Å². The highest BCUT2D eigenvalue weighted by Crippen LogP contribution is 2.32. The van der Waals surface area contributed by atoms with Crippen molar-refractivity contribution in [1.82, 2.24) is 14.8 Å². The normalized spacial score (nSPS) is 13.8. The molecule has 1 N–H and O–H groups in total. The number of aromatic nitrogens is 1. The molecule has 0 unspecified atom stereocenters. The van der Waals surface area contributed by atoms with Crippen molar-refractivity contribution in [2.45, 2.75) is 13.8 Å².